The minimum absolute atomic E-state index is 0.0124. The van der Waals surface area contributed by atoms with Crippen LogP contribution in [0.4, 0.5) is 5.82 Å². The molecule has 0 radical (unpaired) electrons. The highest BCUT2D eigenvalue weighted by molar-refractivity contribution is 5.92. The molecule has 1 aliphatic rings. The second-order valence-electron chi connectivity index (χ2n) is 4.80. The van der Waals surface area contributed by atoms with Gasteiger partial charge in [-0.05, 0) is 25.5 Å². The Morgan fingerprint density at radius 1 is 1.58 bits per heavy atom. The molecule has 1 saturated heterocycles. The average molecular weight is 263 g/mol. The van der Waals surface area contributed by atoms with Crippen LogP contribution in [0.15, 0.2) is 18.2 Å². The third-order valence-electron chi connectivity index (χ3n) is 3.30. The van der Waals surface area contributed by atoms with E-state index in [0.717, 1.165) is 31.9 Å². The van der Waals surface area contributed by atoms with Crippen molar-refractivity contribution in [2.75, 3.05) is 38.7 Å². The van der Waals surface area contributed by atoms with Gasteiger partial charge in [0.15, 0.2) is 0 Å². The zero-order chi connectivity index (χ0) is 13.7. The van der Waals surface area contributed by atoms with Crippen molar-refractivity contribution in [1.82, 2.24) is 9.88 Å². The number of nitrogens with zero attached hydrogens (tertiary/aromatic N) is 2. The standard InChI is InChI=1S/C14H21N3O2/c1-3-15-13-6-4-5-12(16-13)14(18)17-8-7-11(9-17)10-19-2/h4-6,11H,3,7-10H2,1-2H3,(H,15,16). The molecule has 0 spiro atoms. The molecule has 5 nitrogen and oxygen atoms in total. The summed E-state index contributed by atoms with van der Waals surface area (Å²) in [4.78, 5) is 18.6. The van der Waals surface area contributed by atoms with Gasteiger partial charge in [-0.1, -0.05) is 6.07 Å². The molecule has 1 amide bonds. The molecular formula is C14H21N3O2. The van der Waals surface area contributed by atoms with E-state index in [9.17, 15) is 4.79 Å². The zero-order valence-corrected chi connectivity index (χ0v) is 11.6. The largest absolute Gasteiger partial charge is 0.384 e. The van der Waals surface area contributed by atoms with Crippen molar-refractivity contribution in [2.45, 2.75) is 13.3 Å². The van der Waals surface area contributed by atoms with Crippen LogP contribution < -0.4 is 5.32 Å². The highest BCUT2D eigenvalue weighted by Crippen LogP contribution is 2.18. The van der Waals surface area contributed by atoms with Crippen LogP contribution in [0.1, 0.15) is 23.8 Å². The molecule has 2 rings (SSSR count). The number of carbonyl (C=O) groups excluding carboxylic acids is 1. The van der Waals surface area contributed by atoms with Crippen molar-refractivity contribution in [1.29, 1.82) is 0 Å². The molecule has 5 heteroatoms. The topological polar surface area (TPSA) is 54.5 Å². The molecule has 0 aliphatic carbocycles. The summed E-state index contributed by atoms with van der Waals surface area (Å²) in [6.45, 7) is 5.07. The Balaban J connectivity index is 2.01. The van der Waals surface area contributed by atoms with E-state index in [1.807, 2.05) is 24.0 Å². The Morgan fingerprint density at radius 3 is 3.16 bits per heavy atom. The number of amides is 1. The number of hydrogen-bond acceptors (Lipinski definition) is 4. The highest BCUT2D eigenvalue weighted by atomic mass is 16.5. The van der Waals surface area contributed by atoms with Crippen molar-refractivity contribution in [2.24, 2.45) is 5.92 Å². The first-order valence-corrected chi connectivity index (χ1v) is 6.73. The second-order valence-corrected chi connectivity index (χ2v) is 4.80. The number of pyridine rings is 1. The van der Waals surface area contributed by atoms with Gasteiger partial charge in [-0.15, -0.1) is 0 Å². The van der Waals surface area contributed by atoms with Crippen LogP contribution >= 0.6 is 0 Å². The number of aromatic nitrogens is 1. The monoisotopic (exact) mass is 263 g/mol. The van der Waals surface area contributed by atoms with Crippen molar-refractivity contribution < 1.29 is 9.53 Å². The number of carbonyl (C=O) groups is 1. The molecule has 0 bridgehead atoms. The lowest BCUT2D eigenvalue weighted by Gasteiger charge is -2.16. The molecule has 1 aromatic rings. The van der Waals surface area contributed by atoms with Crippen LogP contribution in [0.25, 0.3) is 0 Å². The van der Waals surface area contributed by atoms with Crippen LogP contribution in [-0.4, -0.2) is 49.1 Å². The maximum absolute atomic E-state index is 12.3. The molecule has 0 saturated carbocycles. The Hall–Kier alpha value is -1.62. The maximum Gasteiger partial charge on any atom is 0.272 e. The fourth-order valence-electron chi connectivity index (χ4n) is 2.38. The van der Waals surface area contributed by atoms with Crippen LogP contribution in [0.2, 0.25) is 0 Å². The molecule has 1 N–H and O–H groups in total. The predicted molar refractivity (Wildman–Crippen MR) is 74.3 cm³/mol. The van der Waals surface area contributed by atoms with E-state index in [0.29, 0.717) is 18.2 Å². The Bertz CT molecular complexity index is 436. The number of rotatable bonds is 5. The van der Waals surface area contributed by atoms with E-state index in [4.69, 9.17) is 4.74 Å². The molecule has 1 atom stereocenters. The van der Waals surface area contributed by atoms with Crippen LogP contribution in [0, 0.1) is 5.92 Å². The number of methoxy groups -OCH3 is 1. The van der Waals surface area contributed by atoms with E-state index in [1.54, 1.807) is 13.2 Å². The first-order valence-electron chi connectivity index (χ1n) is 6.73. The zero-order valence-electron chi connectivity index (χ0n) is 11.6. The molecule has 1 fully saturated rings. The van der Waals surface area contributed by atoms with Gasteiger partial charge < -0.3 is 15.0 Å². The highest BCUT2D eigenvalue weighted by Gasteiger charge is 2.27. The van der Waals surface area contributed by atoms with E-state index >= 15 is 0 Å². The fraction of sp³-hybridized carbons (Fsp3) is 0.571. The Morgan fingerprint density at radius 2 is 2.42 bits per heavy atom. The van der Waals surface area contributed by atoms with Gasteiger partial charge in [0.1, 0.15) is 11.5 Å². The van der Waals surface area contributed by atoms with Crippen LogP contribution in [0.3, 0.4) is 0 Å². The van der Waals surface area contributed by atoms with E-state index < -0.39 is 0 Å². The SMILES string of the molecule is CCNc1cccc(C(=O)N2CCC(COC)C2)n1. The van der Waals surface area contributed by atoms with Gasteiger partial charge in [0, 0.05) is 32.7 Å². The van der Waals surface area contributed by atoms with Crippen molar-refractivity contribution in [3.8, 4) is 0 Å². The maximum atomic E-state index is 12.3. The Kier molecular flexibility index (Phi) is 4.74. The normalized spacial score (nSPS) is 18.6. The molecule has 19 heavy (non-hydrogen) atoms. The first-order chi connectivity index (χ1) is 9.24. The summed E-state index contributed by atoms with van der Waals surface area (Å²) in [6, 6.07) is 5.51. The summed E-state index contributed by atoms with van der Waals surface area (Å²) >= 11 is 0. The summed E-state index contributed by atoms with van der Waals surface area (Å²) in [6.07, 6.45) is 1.01. The first kappa shape index (κ1) is 13.8. The fourth-order valence-corrected chi connectivity index (χ4v) is 2.38. The number of ether oxygens (including phenoxy) is 1. The summed E-state index contributed by atoms with van der Waals surface area (Å²) < 4.78 is 5.15. The minimum Gasteiger partial charge on any atom is -0.384 e. The summed E-state index contributed by atoms with van der Waals surface area (Å²) in [7, 11) is 1.70. The predicted octanol–water partition coefficient (Wildman–Crippen LogP) is 1.62. The van der Waals surface area contributed by atoms with Crippen molar-refractivity contribution >= 4 is 11.7 Å². The van der Waals surface area contributed by atoms with E-state index in [-0.39, 0.29) is 5.91 Å². The van der Waals surface area contributed by atoms with E-state index in [2.05, 4.69) is 10.3 Å². The molecule has 1 aliphatic heterocycles. The van der Waals surface area contributed by atoms with Gasteiger partial charge in [-0.25, -0.2) is 4.98 Å². The third kappa shape index (κ3) is 3.44. The number of hydrogen-bond donors (Lipinski definition) is 1. The van der Waals surface area contributed by atoms with Gasteiger partial charge in [0.25, 0.3) is 5.91 Å². The van der Waals surface area contributed by atoms with Crippen LogP contribution in [0.5, 0.6) is 0 Å². The molecular weight excluding hydrogens is 242 g/mol. The number of likely N-dealkylation sites (tertiary alicyclic amines) is 1. The van der Waals surface area contributed by atoms with Gasteiger partial charge in [0.2, 0.25) is 0 Å². The second kappa shape index (κ2) is 6.52. The quantitative estimate of drug-likeness (QED) is 0.877. The van der Waals surface area contributed by atoms with Gasteiger partial charge >= 0.3 is 0 Å². The molecule has 2 heterocycles. The van der Waals surface area contributed by atoms with Gasteiger partial charge in [-0.3, -0.25) is 4.79 Å². The summed E-state index contributed by atoms with van der Waals surface area (Å²) in [5.41, 5.74) is 0.511. The van der Waals surface area contributed by atoms with Gasteiger partial charge in [-0.2, -0.15) is 0 Å². The molecule has 0 aromatic carbocycles. The Labute approximate surface area is 114 Å². The smallest absolute Gasteiger partial charge is 0.272 e. The molecule has 1 unspecified atom stereocenters. The van der Waals surface area contributed by atoms with Crippen molar-refractivity contribution in [3.63, 3.8) is 0 Å². The van der Waals surface area contributed by atoms with Crippen molar-refractivity contribution in [3.05, 3.63) is 23.9 Å². The lowest BCUT2D eigenvalue weighted by molar-refractivity contribution is 0.0770. The third-order valence-corrected chi connectivity index (χ3v) is 3.30. The lowest BCUT2D eigenvalue weighted by atomic mass is 10.1. The minimum atomic E-state index is 0.0124. The number of nitrogens with one attached hydrogen (secondary N) is 1. The average Bonchev–Trinajstić information content (AvgIpc) is 2.88. The molecule has 104 valence electrons. The number of anilines is 1. The van der Waals surface area contributed by atoms with E-state index in [1.165, 1.54) is 0 Å². The molecule has 1 aromatic heterocycles. The summed E-state index contributed by atoms with van der Waals surface area (Å²) in [5.74, 6) is 1.21. The lowest BCUT2D eigenvalue weighted by Crippen LogP contribution is -2.30. The summed E-state index contributed by atoms with van der Waals surface area (Å²) in [5, 5.41) is 3.12. The van der Waals surface area contributed by atoms with Gasteiger partial charge in [0.05, 0.1) is 6.61 Å². The van der Waals surface area contributed by atoms with Crippen LogP contribution in [-0.2, 0) is 4.74 Å².